The maximum absolute atomic E-state index is 11.2. The van der Waals surface area contributed by atoms with E-state index in [9.17, 15) is 4.79 Å². The second kappa shape index (κ2) is 7.43. The molecule has 1 aromatic heterocycles. The van der Waals surface area contributed by atoms with Crippen molar-refractivity contribution in [1.29, 1.82) is 0 Å². The third-order valence-corrected chi connectivity index (χ3v) is 1.99. The van der Waals surface area contributed by atoms with E-state index in [1.807, 2.05) is 6.92 Å². The van der Waals surface area contributed by atoms with Crippen LogP contribution in [-0.4, -0.2) is 35.5 Å². The summed E-state index contributed by atoms with van der Waals surface area (Å²) >= 11 is 0. The number of hydrogen-bond donors (Lipinski definition) is 3. The lowest BCUT2D eigenvalue weighted by Gasteiger charge is -2.07. The summed E-state index contributed by atoms with van der Waals surface area (Å²) in [5, 5.41) is 8.73. The maximum atomic E-state index is 11.2. The summed E-state index contributed by atoms with van der Waals surface area (Å²) in [4.78, 5) is 19.5. The van der Waals surface area contributed by atoms with Crippen molar-refractivity contribution in [2.75, 3.05) is 30.3 Å². The van der Waals surface area contributed by atoms with E-state index in [0.717, 1.165) is 13.0 Å². The lowest BCUT2D eigenvalue weighted by atomic mass is 10.5. The van der Waals surface area contributed by atoms with Crippen LogP contribution < -0.4 is 16.0 Å². The monoisotopic (exact) mass is 237 g/mol. The van der Waals surface area contributed by atoms with Crippen LogP contribution in [0.5, 0.6) is 0 Å². The van der Waals surface area contributed by atoms with Crippen molar-refractivity contribution in [3.63, 3.8) is 0 Å². The van der Waals surface area contributed by atoms with Crippen molar-refractivity contribution in [3.05, 3.63) is 12.3 Å². The molecule has 1 aromatic rings. The number of amides is 1. The Morgan fingerprint density at radius 2 is 2.18 bits per heavy atom. The molecule has 1 amide bonds. The zero-order chi connectivity index (χ0) is 12.5. The summed E-state index contributed by atoms with van der Waals surface area (Å²) in [5.41, 5.74) is 0. The van der Waals surface area contributed by atoms with Gasteiger partial charge in [-0.2, -0.15) is 4.98 Å². The second-order valence-corrected chi connectivity index (χ2v) is 3.50. The Morgan fingerprint density at radius 1 is 1.35 bits per heavy atom. The van der Waals surface area contributed by atoms with Gasteiger partial charge in [-0.05, 0) is 19.4 Å². The number of aromatic nitrogens is 2. The average molecular weight is 237 g/mol. The molecule has 0 saturated carbocycles. The van der Waals surface area contributed by atoms with Crippen LogP contribution in [0.4, 0.5) is 11.8 Å². The molecule has 0 fully saturated rings. The quantitative estimate of drug-likeness (QED) is 0.655. The molecule has 0 aromatic carbocycles. The first-order valence-corrected chi connectivity index (χ1v) is 5.83. The normalized spacial score (nSPS) is 9.76. The van der Waals surface area contributed by atoms with Gasteiger partial charge in [0, 0.05) is 19.3 Å². The fourth-order valence-corrected chi connectivity index (χ4v) is 1.21. The molecule has 0 aliphatic carbocycles. The SMILES string of the molecule is CCCNc1nccc(NCC(=O)NCC)n1. The Bertz CT molecular complexity index is 355. The maximum Gasteiger partial charge on any atom is 0.239 e. The Balaban J connectivity index is 2.45. The van der Waals surface area contributed by atoms with E-state index in [4.69, 9.17) is 0 Å². The number of carbonyl (C=O) groups excluding carboxylic acids is 1. The zero-order valence-corrected chi connectivity index (χ0v) is 10.3. The van der Waals surface area contributed by atoms with Gasteiger partial charge in [0.1, 0.15) is 5.82 Å². The molecule has 3 N–H and O–H groups in total. The van der Waals surface area contributed by atoms with Crippen molar-refractivity contribution >= 4 is 17.7 Å². The summed E-state index contributed by atoms with van der Waals surface area (Å²) in [6.45, 7) is 5.64. The highest BCUT2D eigenvalue weighted by atomic mass is 16.1. The fraction of sp³-hybridized carbons (Fsp3) is 0.545. The van der Waals surface area contributed by atoms with Crippen molar-refractivity contribution in [2.45, 2.75) is 20.3 Å². The van der Waals surface area contributed by atoms with Crippen molar-refractivity contribution in [2.24, 2.45) is 0 Å². The summed E-state index contributed by atoms with van der Waals surface area (Å²) in [6, 6.07) is 1.73. The lowest BCUT2D eigenvalue weighted by molar-refractivity contribution is -0.119. The fourth-order valence-electron chi connectivity index (χ4n) is 1.21. The van der Waals surface area contributed by atoms with E-state index < -0.39 is 0 Å². The van der Waals surface area contributed by atoms with E-state index in [2.05, 4.69) is 32.8 Å². The van der Waals surface area contributed by atoms with Crippen LogP contribution in [-0.2, 0) is 4.79 Å². The molecule has 17 heavy (non-hydrogen) atoms. The summed E-state index contributed by atoms with van der Waals surface area (Å²) in [7, 11) is 0. The molecule has 0 spiro atoms. The first-order valence-electron chi connectivity index (χ1n) is 5.83. The number of likely N-dealkylation sites (N-methyl/N-ethyl adjacent to an activating group) is 1. The number of rotatable bonds is 7. The van der Waals surface area contributed by atoms with Crippen LogP contribution in [0.15, 0.2) is 12.3 Å². The molecule has 94 valence electrons. The van der Waals surface area contributed by atoms with Gasteiger partial charge in [0.05, 0.1) is 6.54 Å². The van der Waals surface area contributed by atoms with E-state index in [-0.39, 0.29) is 12.5 Å². The topological polar surface area (TPSA) is 78.9 Å². The smallest absolute Gasteiger partial charge is 0.239 e. The van der Waals surface area contributed by atoms with Gasteiger partial charge in [0.2, 0.25) is 11.9 Å². The largest absolute Gasteiger partial charge is 0.361 e. The summed E-state index contributed by atoms with van der Waals surface area (Å²) in [6.07, 6.45) is 2.67. The van der Waals surface area contributed by atoms with Crippen LogP contribution in [0.1, 0.15) is 20.3 Å². The Hall–Kier alpha value is -1.85. The molecule has 1 heterocycles. The molecular weight excluding hydrogens is 218 g/mol. The van der Waals surface area contributed by atoms with Crippen LogP contribution in [0.3, 0.4) is 0 Å². The third kappa shape index (κ3) is 5.14. The molecule has 6 heteroatoms. The highest BCUT2D eigenvalue weighted by molar-refractivity contribution is 5.80. The molecule has 0 unspecified atom stereocenters. The summed E-state index contributed by atoms with van der Waals surface area (Å²) in [5.74, 6) is 1.17. The van der Waals surface area contributed by atoms with Crippen LogP contribution >= 0.6 is 0 Å². The van der Waals surface area contributed by atoms with Gasteiger partial charge in [0.15, 0.2) is 0 Å². The number of hydrogen-bond acceptors (Lipinski definition) is 5. The zero-order valence-electron chi connectivity index (χ0n) is 10.3. The minimum absolute atomic E-state index is 0.0471. The Labute approximate surface area is 101 Å². The number of nitrogens with zero attached hydrogens (tertiary/aromatic N) is 2. The number of nitrogens with one attached hydrogen (secondary N) is 3. The van der Waals surface area contributed by atoms with Gasteiger partial charge < -0.3 is 16.0 Å². The minimum atomic E-state index is -0.0471. The lowest BCUT2D eigenvalue weighted by Crippen LogP contribution is -2.29. The Morgan fingerprint density at radius 3 is 2.88 bits per heavy atom. The first kappa shape index (κ1) is 13.2. The van der Waals surface area contributed by atoms with E-state index >= 15 is 0 Å². The predicted octanol–water partition coefficient (Wildman–Crippen LogP) is 0.846. The predicted molar refractivity (Wildman–Crippen MR) is 68.0 cm³/mol. The van der Waals surface area contributed by atoms with E-state index in [1.54, 1.807) is 12.3 Å². The van der Waals surface area contributed by atoms with Gasteiger partial charge in [0.25, 0.3) is 0 Å². The van der Waals surface area contributed by atoms with Gasteiger partial charge in [-0.25, -0.2) is 4.98 Å². The highest BCUT2D eigenvalue weighted by Gasteiger charge is 2.01. The molecular formula is C11H19N5O. The van der Waals surface area contributed by atoms with Gasteiger partial charge in [-0.1, -0.05) is 6.92 Å². The summed E-state index contributed by atoms with van der Waals surface area (Å²) < 4.78 is 0. The molecule has 0 atom stereocenters. The van der Waals surface area contributed by atoms with Crippen molar-refractivity contribution in [3.8, 4) is 0 Å². The first-order chi connectivity index (χ1) is 8.26. The van der Waals surface area contributed by atoms with E-state index in [1.165, 1.54) is 0 Å². The molecule has 0 aliphatic heterocycles. The van der Waals surface area contributed by atoms with Crippen LogP contribution in [0.25, 0.3) is 0 Å². The molecule has 0 radical (unpaired) electrons. The molecule has 1 rings (SSSR count). The van der Waals surface area contributed by atoms with Crippen LogP contribution in [0, 0.1) is 0 Å². The minimum Gasteiger partial charge on any atom is -0.361 e. The molecule has 6 nitrogen and oxygen atoms in total. The molecule has 0 aliphatic rings. The molecule has 0 saturated heterocycles. The highest BCUT2D eigenvalue weighted by Crippen LogP contribution is 2.04. The number of anilines is 2. The van der Waals surface area contributed by atoms with Gasteiger partial charge in [-0.15, -0.1) is 0 Å². The molecule has 0 bridgehead atoms. The van der Waals surface area contributed by atoms with Crippen molar-refractivity contribution in [1.82, 2.24) is 15.3 Å². The standard InChI is InChI=1S/C11H19N5O/c1-3-6-13-11-14-7-5-9(16-11)15-8-10(17)12-4-2/h5,7H,3-4,6,8H2,1-2H3,(H,12,17)(H2,13,14,15,16). The third-order valence-electron chi connectivity index (χ3n) is 1.99. The van der Waals surface area contributed by atoms with E-state index in [0.29, 0.717) is 18.3 Å². The number of carbonyl (C=O) groups is 1. The van der Waals surface area contributed by atoms with Gasteiger partial charge >= 0.3 is 0 Å². The van der Waals surface area contributed by atoms with Crippen LogP contribution in [0.2, 0.25) is 0 Å². The second-order valence-electron chi connectivity index (χ2n) is 3.50. The Kier molecular flexibility index (Phi) is 5.77. The van der Waals surface area contributed by atoms with Gasteiger partial charge in [-0.3, -0.25) is 4.79 Å². The average Bonchev–Trinajstić information content (AvgIpc) is 2.35. The van der Waals surface area contributed by atoms with Crippen molar-refractivity contribution < 1.29 is 4.79 Å².